The van der Waals surface area contributed by atoms with E-state index < -0.39 is 0 Å². The molecule has 3 aromatic rings. The highest BCUT2D eigenvalue weighted by Gasteiger charge is 2.27. The van der Waals surface area contributed by atoms with Gasteiger partial charge >= 0.3 is 0 Å². The van der Waals surface area contributed by atoms with Crippen molar-refractivity contribution in [3.05, 3.63) is 98.4 Å². The second-order valence-corrected chi connectivity index (χ2v) is 9.70. The molecule has 0 aromatic heterocycles. The minimum absolute atomic E-state index is 0.0951. The van der Waals surface area contributed by atoms with E-state index >= 15 is 0 Å². The van der Waals surface area contributed by atoms with E-state index in [1.165, 1.54) is 22.9 Å². The lowest BCUT2D eigenvalue weighted by Crippen LogP contribution is -2.30. The molecule has 4 rings (SSSR count). The summed E-state index contributed by atoms with van der Waals surface area (Å²) < 4.78 is 7.03. The van der Waals surface area contributed by atoms with Crippen LogP contribution in [0, 0.1) is 6.92 Å². The molecule has 1 heterocycles. The zero-order chi connectivity index (χ0) is 22.5. The number of halogens is 1. The molecule has 3 aromatic carbocycles. The predicted octanol–water partition coefficient (Wildman–Crippen LogP) is 6.50. The Kier molecular flexibility index (Phi) is 7.22. The van der Waals surface area contributed by atoms with Gasteiger partial charge in [0.25, 0.3) is 5.91 Å². The second-order valence-electron chi connectivity index (χ2n) is 7.63. The van der Waals surface area contributed by atoms with Crippen molar-refractivity contribution in [2.45, 2.75) is 32.4 Å². The largest absolute Gasteiger partial charge is 0.488 e. The predicted molar refractivity (Wildman–Crippen MR) is 137 cm³/mol. The highest BCUT2D eigenvalue weighted by Crippen LogP contribution is 2.33. The Morgan fingerprint density at radius 2 is 1.91 bits per heavy atom. The lowest BCUT2D eigenvalue weighted by molar-refractivity contribution is -0.116. The second kappa shape index (κ2) is 10.3. The number of hydrogen-bond acceptors (Lipinski definition) is 4. The fourth-order valence-electron chi connectivity index (χ4n) is 3.42. The van der Waals surface area contributed by atoms with E-state index in [2.05, 4.69) is 64.7 Å². The van der Waals surface area contributed by atoms with E-state index in [-0.39, 0.29) is 11.4 Å². The van der Waals surface area contributed by atoms with Gasteiger partial charge in [-0.05, 0) is 60.9 Å². The van der Waals surface area contributed by atoms with Gasteiger partial charge < -0.3 is 15.4 Å². The van der Waals surface area contributed by atoms with Crippen molar-refractivity contribution in [1.82, 2.24) is 5.32 Å². The summed E-state index contributed by atoms with van der Waals surface area (Å²) in [7, 11) is 0. The maximum atomic E-state index is 12.6. The summed E-state index contributed by atoms with van der Waals surface area (Å²) >= 11 is 5.00. The maximum Gasteiger partial charge on any atom is 0.260 e. The number of nitrogens with one attached hydrogen (secondary N) is 2. The van der Waals surface area contributed by atoms with Gasteiger partial charge in [-0.2, -0.15) is 0 Å². The fraction of sp³-hybridized carbons (Fsp3) is 0.192. The highest BCUT2D eigenvalue weighted by molar-refractivity contribution is 9.10. The van der Waals surface area contributed by atoms with Crippen molar-refractivity contribution in [3.8, 4) is 5.75 Å². The van der Waals surface area contributed by atoms with Crippen molar-refractivity contribution in [3.63, 3.8) is 0 Å². The van der Waals surface area contributed by atoms with Gasteiger partial charge in [0.1, 0.15) is 12.4 Å². The zero-order valence-electron chi connectivity index (χ0n) is 18.0. The quantitative estimate of drug-likeness (QED) is 0.357. The summed E-state index contributed by atoms with van der Waals surface area (Å²) in [5.74, 6) is 0.643. The Morgan fingerprint density at radius 1 is 1.09 bits per heavy atom. The Labute approximate surface area is 201 Å². The molecule has 0 bridgehead atoms. The minimum Gasteiger partial charge on any atom is -0.488 e. The lowest BCUT2D eigenvalue weighted by Gasteiger charge is -2.13. The molecular formula is C26H25BrN2O2S. The van der Waals surface area contributed by atoms with Crippen molar-refractivity contribution in [2.24, 2.45) is 0 Å². The smallest absolute Gasteiger partial charge is 0.260 e. The molecule has 1 fully saturated rings. The third kappa shape index (κ3) is 5.75. The average molecular weight is 509 g/mol. The number of aryl methyl sites for hydroxylation is 2. The summed E-state index contributed by atoms with van der Waals surface area (Å²) in [5, 5.41) is 6.36. The molecule has 1 aliphatic heterocycles. The highest BCUT2D eigenvalue weighted by atomic mass is 79.9. The first-order valence-corrected chi connectivity index (χ1v) is 12.2. The molecule has 0 saturated carbocycles. The summed E-state index contributed by atoms with van der Waals surface area (Å²) in [5.41, 5.74) is 5.21. The minimum atomic E-state index is -0.218. The molecule has 0 spiro atoms. The van der Waals surface area contributed by atoms with Gasteiger partial charge in [0, 0.05) is 15.7 Å². The van der Waals surface area contributed by atoms with Crippen LogP contribution in [0.15, 0.2) is 76.1 Å². The molecule has 0 aliphatic carbocycles. The number of ether oxygens (including phenoxy) is 1. The van der Waals surface area contributed by atoms with Crippen LogP contribution in [0.1, 0.15) is 29.2 Å². The molecule has 6 heteroatoms. The third-order valence-corrected chi connectivity index (χ3v) is 6.65. The average Bonchev–Trinajstić information content (AvgIpc) is 3.12. The zero-order valence-corrected chi connectivity index (χ0v) is 20.4. The summed E-state index contributed by atoms with van der Waals surface area (Å²) in [6, 6.07) is 22.4. The fourth-order valence-corrected chi connectivity index (χ4v) is 4.78. The molecule has 1 atom stereocenters. The Hall–Kier alpha value is -2.70. The SMILES string of the molecule is CCc1ccc(N[C@H]2NC(=O)/C(=C/c3cc(Br)ccc3OCc3cccc(C)c3)S2)cc1. The Bertz CT molecular complexity index is 1140. The summed E-state index contributed by atoms with van der Waals surface area (Å²) in [4.78, 5) is 13.2. The van der Waals surface area contributed by atoms with Crippen LogP contribution in [-0.4, -0.2) is 11.4 Å². The molecule has 164 valence electrons. The van der Waals surface area contributed by atoms with Crippen molar-refractivity contribution >= 4 is 45.4 Å². The van der Waals surface area contributed by atoms with Crippen LogP contribution in [0.4, 0.5) is 5.69 Å². The van der Waals surface area contributed by atoms with Gasteiger partial charge in [-0.25, -0.2) is 0 Å². The number of anilines is 1. The number of amides is 1. The molecule has 4 nitrogen and oxygen atoms in total. The maximum absolute atomic E-state index is 12.6. The van der Waals surface area contributed by atoms with Crippen LogP contribution < -0.4 is 15.4 Å². The van der Waals surface area contributed by atoms with E-state index in [1.54, 1.807) is 0 Å². The summed E-state index contributed by atoms with van der Waals surface area (Å²) in [6.07, 6.45) is 2.89. The van der Waals surface area contributed by atoms with Gasteiger partial charge in [0.2, 0.25) is 0 Å². The molecule has 1 aliphatic rings. The molecule has 32 heavy (non-hydrogen) atoms. The monoisotopic (exact) mass is 508 g/mol. The van der Waals surface area contributed by atoms with Crippen LogP contribution in [0.2, 0.25) is 0 Å². The van der Waals surface area contributed by atoms with E-state index in [1.807, 2.05) is 48.5 Å². The van der Waals surface area contributed by atoms with E-state index in [0.717, 1.165) is 33.5 Å². The van der Waals surface area contributed by atoms with Crippen molar-refractivity contribution in [2.75, 3.05) is 5.32 Å². The number of carbonyl (C=O) groups excluding carboxylic acids is 1. The normalized spacial score (nSPS) is 16.8. The summed E-state index contributed by atoms with van der Waals surface area (Å²) in [6.45, 7) is 4.67. The van der Waals surface area contributed by atoms with Crippen molar-refractivity contribution < 1.29 is 9.53 Å². The van der Waals surface area contributed by atoms with Crippen molar-refractivity contribution in [1.29, 1.82) is 0 Å². The van der Waals surface area contributed by atoms with Crippen LogP contribution >= 0.6 is 27.7 Å². The molecule has 2 N–H and O–H groups in total. The number of carbonyl (C=O) groups is 1. The van der Waals surface area contributed by atoms with Crippen LogP contribution in [0.25, 0.3) is 6.08 Å². The van der Waals surface area contributed by atoms with Crippen LogP contribution in [0.3, 0.4) is 0 Å². The van der Waals surface area contributed by atoms with E-state index in [0.29, 0.717) is 11.5 Å². The number of benzene rings is 3. The standard InChI is InChI=1S/C26H25BrN2O2S/c1-3-18-7-10-22(11-8-18)28-26-29-25(30)24(32-26)15-20-14-21(27)9-12-23(20)31-16-19-6-4-5-17(2)13-19/h4-15,26,28H,3,16H2,1-2H3,(H,29,30)/b24-15-/t26-/m0/s1. The Balaban J connectivity index is 1.48. The first-order chi connectivity index (χ1) is 15.5. The topological polar surface area (TPSA) is 50.4 Å². The van der Waals surface area contributed by atoms with Gasteiger partial charge in [-0.3, -0.25) is 4.79 Å². The molecule has 0 radical (unpaired) electrons. The molecule has 0 unspecified atom stereocenters. The molecule has 1 saturated heterocycles. The van der Waals surface area contributed by atoms with E-state index in [4.69, 9.17) is 4.74 Å². The van der Waals surface area contributed by atoms with Crippen LogP contribution in [0.5, 0.6) is 5.75 Å². The van der Waals surface area contributed by atoms with Gasteiger partial charge in [-0.1, -0.05) is 76.6 Å². The Morgan fingerprint density at radius 3 is 2.66 bits per heavy atom. The van der Waals surface area contributed by atoms with Crippen LogP contribution in [-0.2, 0) is 17.8 Å². The number of hydrogen-bond donors (Lipinski definition) is 2. The third-order valence-electron chi connectivity index (χ3n) is 5.13. The van der Waals surface area contributed by atoms with Gasteiger partial charge in [-0.15, -0.1) is 0 Å². The first-order valence-electron chi connectivity index (χ1n) is 10.5. The number of rotatable bonds is 7. The lowest BCUT2D eigenvalue weighted by atomic mass is 10.1. The van der Waals surface area contributed by atoms with Gasteiger partial charge in [0.05, 0.1) is 4.91 Å². The first kappa shape index (κ1) is 22.5. The molecule has 1 amide bonds. The molecular weight excluding hydrogens is 484 g/mol. The van der Waals surface area contributed by atoms with E-state index in [9.17, 15) is 4.79 Å². The van der Waals surface area contributed by atoms with Gasteiger partial charge in [0.15, 0.2) is 5.50 Å². The number of thioether (sulfide) groups is 1.